The summed E-state index contributed by atoms with van der Waals surface area (Å²) in [5, 5.41) is 17.8. The molecule has 2 saturated heterocycles. The molecule has 114 valence electrons. The Hall–Kier alpha value is -1.34. The van der Waals surface area contributed by atoms with Gasteiger partial charge >= 0.3 is 12.0 Å². The lowest BCUT2D eigenvalue weighted by atomic mass is 10.1. The normalized spacial score (nSPS) is 24.1. The molecular weight excluding hydrogens is 262 g/mol. The number of aliphatic hydroxyl groups excluding tert-OH is 1. The molecule has 0 bridgehead atoms. The highest BCUT2D eigenvalue weighted by molar-refractivity contribution is 5.76. The Morgan fingerprint density at radius 3 is 2.40 bits per heavy atom. The zero-order chi connectivity index (χ0) is 14.5. The topological polar surface area (TPSA) is 84.3 Å². The Labute approximate surface area is 118 Å². The SMILES string of the molecule is O=C(O)CC1CCCN1C(=O)N1CCN(CCO)CC1. The smallest absolute Gasteiger partial charge is 0.320 e. The summed E-state index contributed by atoms with van der Waals surface area (Å²) in [7, 11) is 0. The van der Waals surface area contributed by atoms with E-state index in [1.165, 1.54) is 0 Å². The van der Waals surface area contributed by atoms with E-state index in [4.69, 9.17) is 10.2 Å². The van der Waals surface area contributed by atoms with E-state index < -0.39 is 5.97 Å². The van der Waals surface area contributed by atoms with Crippen molar-refractivity contribution in [2.24, 2.45) is 0 Å². The van der Waals surface area contributed by atoms with Crippen LogP contribution in [0, 0.1) is 0 Å². The van der Waals surface area contributed by atoms with Crippen LogP contribution in [0.15, 0.2) is 0 Å². The fourth-order valence-corrected chi connectivity index (χ4v) is 2.99. The number of rotatable bonds is 4. The average Bonchev–Trinajstić information content (AvgIpc) is 2.86. The Morgan fingerprint density at radius 2 is 1.80 bits per heavy atom. The van der Waals surface area contributed by atoms with E-state index in [2.05, 4.69) is 4.90 Å². The first-order chi connectivity index (χ1) is 9.61. The molecule has 0 spiro atoms. The predicted molar refractivity (Wildman–Crippen MR) is 72.5 cm³/mol. The van der Waals surface area contributed by atoms with Gasteiger partial charge in [-0.2, -0.15) is 0 Å². The number of nitrogens with zero attached hydrogens (tertiary/aromatic N) is 3. The molecule has 0 aromatic rings. The van der Waals surface area contributed by atoms with Crippen LogP contribution in [0.3, 0.4) is 0 Å². The van der Waals surface area contributed by atoms with Gasteiger partial charge in [0.2, 0.25) is 0 Å². The monoisotopic (exact) mass is 285 g/mol. The zero-order valence-electron chi connectivity index (χ0n) is 11.7. The van der Waals surface area contributed by atoms with E-state index in [1.54, 1.807) is 9.80 Å². The number of hydrogen-bond acceptors (Lipinski definition) is 4. The molecule has 2 heterocycles. The molecule has 0 aliphatic carbocycles. The Morgan fingerprint density at radius 1 is 1.10 bits per heavy atom. The number of carbonyl (C=O) groups excluding carboxylic acids is 1. The molecule has 0 aromatic heterocycles. The summed E-state index contributed by atoms with van der Waals surface area (Å²) in [5.74, 6) is -0.845. The standard InChI is InChI=1S/C13H23N3O4/c17-9-8-14-4-6-15(7-5-14)13(20)16-3-1-2-11(16)10-12(18)19/h11,17H,1-10H2,(H,18,19). The minimum Gasteiger partial charge on any atom is -0.481 e. The van der Waals surface area contributed by atoms with Crippen molar-refractivity contribution in [2.75, 3.05) is 45.9 Å². The minimum absolute atomic E-state index is 0.0302. The van der Waals surface area contributed by atoms with Gasteiger partial charge in [-0.3, -0.25) is 9.69 Å². The highest BCUT2D eigenvalue weighted by atomic mass is 16.4. The van der Waals surface area contributed by atoms with Gasteiger partial charge in [0, 0.05) is 45.3 Å². The number of piperazine rings is 1. The maximum absolute atomic E-state index is 12.4. The highest BCUT2D eigenvalue weighted by Gasteiger charge is 2.33. The van der Waals surface area contributed by atoms with Gasteiger partial charge in [0.1, 0.15) is 0 Å². The van der Waals surface area contributed by atoms with Gasteiger partial charge in [0.25, 0.3) is 0 Å². The lowest BCUT2D eigenvalue weighted by Crippen LogP contribution is -2.54. The van der Waals surface area contributed by atoms with Crippen LogP contribution >= 0.6 is 0 Å². The lowest BCUT2D eigenvalue weighted by molar-refractivity contribution is -0.138. The molecule has 2 fully saturated rings. The lowest BCUT2D eigenvalue weighted by Gasteiger charge is -2.37. The first-order valence-electron chi connectivity index (χ1n) is 7.22. The maximum atomic E-state index is 12.4. The van der Waals surface area contributed by atoms with Crippen molar-refractivity contribution < 1.29 is 19.8 Å². The number of carbonyl (C=O) groups is 2. The number of aliphatic carboxylic acids is 1. The van der Waals surface area contributed by atoms with E-state index in [1.807, 2.05) is 0 Å². The van der Waals surface area contributed by atoms with E-state index in [9.17, 15) is 9.59 Å². The zero-order valence-corrected chi connectivity index (χ0v) is 11.7. The quantitative estimate of drug-likeness (QED) is 0.738. The van der Waals surface area contributed by atoms with Gasteiger partial charge in [-0.25, -0.2) is 4.79 Å². The molecule has 7 nitrogen and oxygen atoms in total. The molecule has 20 heavy (non-hydrogen) atoms. The van der Waals surface area contributed by atoms with Crippen LogP contribution in [0.4, 0.5) is 4.79 Å². The van der Waals surface area contributed by atoms with E-state index in [0.717, 1.165) is 25.9 Å². The number of carboxylic acids is 1. The highest BCUT2D eigenvalue weighted by Crippen LogP contribution is 2.22. The fraction of sp³-hybridized carbons (Fsp3) is 0.846. The van der Waals surface area contributed by atoms with Crippen molar-refractivity contribution in [1.29, 1.82) is 0 Å². The summed E-state index contributed by atoms with van der Waals surface area (Å²) < 4.78 is 0. The summed E-state index contributed by atoms with van der Waals surface area (Å²) in [6.07, 6.45) is 1.70. The van der Waals surface area contributed by atoms with Crippen LogP contribution in [-0.4, -0.2) is 88.8 Å². The second-order valence-electron chi connectivity index (χ2n) is 5.42. The molecule has 7 heteroatoms. The number of urea groups is 1. The summed E-state index contributed by atoms with van der Waals surface area (Å²) >= 11 is 0. The van der Waals surface area contributed by atoms with Crippen LogP contribution in [0.5, 0.6) is 0 Å². The van der Waals surface area contributed by atoms with Gasteiger partial charge < -0.3 is 20.0 Å². The summed E-state index contributed by atoms with van der Waals surface area (Å²) in [5.41, 5.74) is 0. The van der Waals surface area contributed by atoms with Crippen molar-refractivity contribution in [1.82, 2.24) is 14.7 Å². The first-order valence-corrected chi connectivity index (χ1v) is 7.22. The molecule has 1 unspecified atom stereocenters. The molecule has 2 rings (SSSR count). The summed E-state index contributed by atoms with van der Waals surface area (Å²) in [6, 6.07) is -0.187. The van der Waals surface area contributed by atoms with Crippen LogP contribution < -0.4 is 0 Å². The van der Waals surface area contributed by atoms with Crippen molar-refractivity contribution in [3.05, 3.63) is 0 Å². The third kappa shape index (κ3) is 3.61. The van der Waals surface area contributed by atoms with Crippen LogP contribution in [0.2, 0.25) is 0 Å². The molecule has 2 aliphatic heterocycles. The van der Waals surface area contributed by atoms with Gasteiger partial charge in [-0.1, -0.05) is 0 Å². The molecule has 0 aromatic carbocycles. The van der Waals surface area contributed by atoms with E-state index in [0.29, 0.717) is 26.2 Å². The molecular formula is C13H23N3O4. The van der Waals surface area contributed by atoms with E-state index in [-0.39, 0.29) is 25.1 Å². The van der Waals surface area contributed by atoms with Crippen LogP contribution in [-0.2, 0) is 4.79 Å². The Kier molecular flexibility index (Phi) is 5.19. The number of likely N-dealkylation sites (tertiary alicyclic amines) is 1. The van der Waals surface area contributed by atoms with Crippen molar-refractivity contribution >= 4 is 12.0 Å². The van der Waals surface area contributed by atoms with Gasteiger partial charge in [0.15, 0.2) is 0 Å². The van der Waals surface area contributed by atoms with Crippen molar-refractivity contribution in [3.63, 3.8) is 0 Å². The molecule has 2 aliphatic rings. The van der Waals surface area contributed by atoms with Crippen molar-refractivity contribution in [2.45, 2.75) is 25.3 Å². The number of amides is 2. The number of carboxylic acid groups (broad SMARTS) is 1. The predicted octanol–water partition coefficient (Wildman–Crippen LogP) is -0.345. The van der Waals surface area contributed by atoms with Gasteiger partial charge in [0.05, 0.1) is 13.0 Å². The third-order valence-electron chi connectivity index (χ3n) is 4.09. The molecule has 2 N–H and O–H groups in total. The fourth-order valence-electron chi connectivity index (χ4n) is 2.99. The first kappa shape index (κ1) is 15.1. The molecule has 2 amide bonds. The Bertz CT molecular complexity index is 356. The van der Waals surface area contributed by atoms with Gasteiger partial charge in [-0.15, -0.1) is 0 Å². The minimum atomic E-state index is -0.845. The average molecular weight is 285 g/mol. The summed E-state index contributed by atoms with van der Waals surface area (Å²) in [4.78, 5) is 28.9. The second kappa shape index (κ2) is 6.90. The number of hydrogen-bond donors (Lipinski definition) is 2. The van der Waals surface area contributed by atoms with Crippen molar-refractivity contribution in [3.8, 4) is 0 Å². The van der Waals surface area contributed by atoms with Crippen LogP contribution in [0.25, 0.3) is 0 Å². The Balaban J connectivity index is 1.86. The van der Waals surface area contributed by atoms with Crippen LogP contribution in [0.1, 0.15) is 19.3 Å². The maximum Gasteiger partial charge on any atom is 0.320 e. The number of β-amino-alcohol motifs (C(OH)–C–C–N with tert-alkyl or cyclic N) is 1. The second-order valence-corrected chi connectivity index (χ2v) is 5.42. The van der Waals surface area contributed by atoms with E-state index >= 15 is 0 Å². The molecule has 0 saturated carbocycles. The molecule has 0 radical (unpaired) electrons. The molecule has 1 atom stereocenters. The summed E-state index contributed by atoms with van der Waals surface area (Å²) in [6.45, 7) is 4.28. The third-order valence-corrected chi connectivity index (χ3v) is 4.09. The number of aliphatic hydroxyl groups is 1. The largest absolute Gasteiger partial charge is 0.481 e. The van der Waals surface area contributed by atoms with Gasteiger partial charge in [-0.05, 0) is 12.8 Å².